The molecule has 0 radical (unpaired) electrons. The van der Waals surface area contributed by atoms with Crippen LogP contribution in [0, 0.1) is 17.1 Å². The molecule has 7 heteroatoms. The van der Waals surface area contributed by atoms with E-state index in [0.29, 0.717) is 6.54 Å². The lowest BCUT2D eigenvalue weighted by Gasteiger charge is -2.12. The van der Waals surface area contributed by atoms with Crippen molar-refractivity contribution in [1.82, 2.24) is 10.0 Å². The zero-order valence-corrected chi connectivity index (χ0v) is 11.0. The number of hydrogen-bond acceptors (Lipinski definition) is 4. The minimum absolute atomic E-state index is 0.0940. The van der Waals surface area contributed by atoms with Crippen LogP contribution in [0.4, 0.5) is 4.39 Å². The maximum Gasteiger partial charge on any atom is 0.240 e. The number of hydrogen-bond donors (Lipinski definition) is 2. The molecule has 0 spiro atoms. The number of sulfonamides is 1. The number of benzene rings is 1. The van der Waals surface area contributed by atoms with Gasteiger partial charge in [0, 0.05) is 12.6 Å². The number of nitriles is 1. The first-order chi connectivity index (χ1) is 9.03. The van der Waals surface area contributed by atoms with Gasteiger partial charge in [0.05, 0.1) is 10.5 Å². The largest absolute Gasteiger partial charge is 0.313 e. The Morgan fingerprint density at radius 1 is 1.53 bits per heavy atom. The summed E-state index contributed by atoms with van der Waals surface area (Å²) in [5, 5.41) is 11.9. The minimum atomic E-state index is -3.70. The van der Waals surface area contributed by atoms with Crippen LogP contribution in [0.2, 0.25) is 0 Å². The van der Waals surface area contributed by atoms with Crippen molar-refractivity contribution in [2.75, 3.05) is 13.1 Å². The van der Waals surface area contributed by atoms with E-state index in [-0.39, 0.29) is 16.5 Å². The molecule has 0 aromatic heterocycles. The van der Waals surface area contributed by atoms with E-state index in [9.17, 15) is 12.8 Å². The van der Waals surface area contributed by atoms with Crippen LogP contribution in [0.5, 0.6) is 0 Å². The second-order valence-corrected chi connectivity index (χ2v) is 6.17. The summed E-state index contributed by atoms with van der Waals surface area (Å²) < 4.78 is 39.6. The lowest BCUT2D eigenvalue weighted by atomic mass is 10.2. The van der Waals surface area contributed by atoms with Crippen LogP contribution in [0.1, 0.15) is 18.4 Å². The van der Waals surface area contributed by atoms with Gasteiger partial charge >= 0.3 is 0 Å². The molecule has 0 amide bonds. The Bertz CT molecular complexity index is 604. The Morgan fingerprint density at radius 3 is 2.95 bits per heavy atom. The zero-order chi connectivity index (χ0) is 13.9. The molecule has 5 nitrogen and oxygen atoms in total. The maximum absolute atomic E-state index is 13.1. The number of nitrogens with zero attached hydrogens (tertiary/aromatic N) is 1. The zero-order valence-electron chi connectivity index (χ0n) is 10.2. The molecule has 1 saturated heterocycles. The van der Waals surface area contributed by atoms with Crippen molar-refractivity contribution in [3.63, 3.8) is 0 Å². The van der Waals surface area contributed by atoms with Gasteiger partial charge in [-0.05, 0) is 37.6 Å². The topological polar surface area (TPSA) is 82.0 Å². The van der Waals surface area contributed by atoms with Gasteiger partial charge in [-0.3, -0.25) is 0 Å². The van der Waals surface area contributed by atoms with Crippen LogP contribution in [-0.4, -0.2) is 27.5 Å². The van der Waals surface area contributed by atoms with E-state index < -0.39 is 15.8 Å². The molecule has 1 aromatic rings. The highest BCUT2D eigenvalue weighted by Crippen LogP contribution is 2.14. The van der Waals surface area contributed by atoms with E-state index in [2.05, 4.69) is 10.0 Å². The fraction of sp³-hybridized carbons (Fsp3) is 0.417. The summed E-state index contributed by atoms with van der Waals surface area (Å²) in [6.07, 6.45) is 1.96. The van der Waals surface area contributed by atoms with E-state index in [1.165, 1.54) is 0 Å². The molecule has 1 aliphatic rings. The van der Waals surface area contributed by atoms with Crippen LogP contribution >= 0.6 is 0 Å². The quantitative estimate of drug-likeness (QED) is 0.853. The highest BCUT2D eigenvalue weighted by molar-refractivity contribution is 7.89. The molecule has 1 aromatic carbocycles. The lowest BCUT2D eigenvalue weighted by molar-refractivity contribution is 0.551. The van der Waals surface area contributed by atoms with Gasteiger partial charge in [-0.2, -0.15) is 5.26 Å². The van der Waals surface area contributed by atoms with Gasteiger partial charge in [0.2, 0.25) is 10.0 Å². The van der Waals surface area contributed by atoms with Gasteiger partial charge in [0.15, 0.2) is 0 Å². The van der Waals surface area contributed by atoms with Crippen LogP contribution in [0.25, 0.3) is 0 Å². The van der Waals surface area contributed by atoms with Crippen molar-refractivity contribution in [1.29, 1.82) is 5.26 Å². The molecule has 1 aliphatic heterocycles. The predicted molar refractivity (Wildman–Crippen MR) is 67.3 cm³/mol. The van der Waals surface area contributed by atoms with E-state index in [0.717, 1.165) is 37.6 Å². The van der Waals surface area contributed by atoms with E-state index >= 15 is 0 Å². The average molecular weight is 283 g/mol. The molecular formula is C12H14FN3O2S. The van der Waals surface area contributed by atoms with Crippen molar-refractivity contribution >= 4 is 10.0 Å². The van der Waals surface area contributed by atoms with Gasteiger partial charge < -0.3 is 5.32 Å². The van der Waals surface area contributed by atoms with Crippen molar-refractivity contribution in [2.24, 2.45) is 0 Å². The van der Waals surface area contributed by atoms with Gasteiger partial charge in [-0.1, -0.05) is 0 Å². The van der Waals surface area contributed by atoms with Crippen LogP contribution in [-0.2, 0) is 10.0 Å². The normalized spacial score (nSPS) is 19.3. The summed E-state index contributed by atoms with van der Waals surface area (Å²) in [5.74, 6) is -0.723. The van der Waals surface area contributed by atoms with Crippen molar-refractivity contribution in [2.45, 2.75) is 23.8 Å². The molecule has 2 N–H and O–H groups in total. The first kappa shape index (κ1) is 13.9. The molecule has 1 fully saturated rings. The van der Waals surface area contributed by atoms with Gasteiger partial charge in [-0.15, -0.1) is 0 Å². The Hall–Kier alpha value is -1.49. The molecule has 0 aliphatic carbocycles. The molecule has 2 rings (SSSR count). The van der Waals surface area contributed by atoms with E-state index in [1.54, 1.807) is 6.07 Å². The molecular weight excluding hydrogens is 269 g/mol. The first-order valence-electron chi connectivity index (χ1n) is 5.95. The van der Waals surface area contributed by atoms with Crippen LogP contribution in [0.3, 0.4) is 0 Å². The first-order valence-corrected chi connectivity index (χ1v) is 7.44. The van der Waals surface area contributed by atoms with E-state index in [4.69, 9.17) is 5.26 Å². The SMILES string of the molecule is N#Cc1cc(S(=O)(=O)NCC2CCCN2)ccc1F. The summed E-state index contributed by atoms with van der Waals surface area (Å²) in [7, 11) is -3.70. The fourth-order valence-electron chi connectivity index (χ4n) is 1.98. The van der Waals surface area contributed by atoms with E-state index in [1.807, 2.05) is 0 Å². The van der Waals surface area contributed by atoms with Crippen LogP contribution in [0.15, 0.2) is 23.1 Å². The molecule has 1 atom stereocenters. The summed E-state index contributed by atoms with van der Waals surface area (Å²) in [6, 6.07) is 4.94. The molecule has 0 bridgehead atoms. The fourth-order valence-corrected chi connectivity index (χ4v) is 3.09. The third-order valence-electron chi connectivity index (χ3n) is 3.05. The average Bonchev–Trinajstić information content (AvgIpc) is 2.90. The van der Waals surface area contributed by atoms with Gasteiger partial charge in [0.1, 0.15) is 11.9 Å². The standard InChI is InChI=1S/C12H14FN3O2S/c13-12-4-3-11(6-9(12)7-14)19(17,18)16-8-10-2-1-5-15-10/h3-4,6,10,15-16H,1-2,5,8H2. The Morgan fingerprint density at radius 2 is 2.32 bits per heavy atom. The second kappa shape index (κ2) is 5.65. The summed E-state index contributed by atoms with van der Waals surface area (Å²) in [4.78, 5) is -0.0940. The second-order valence-electron chi connectivity index (χ2n) is 4.40. The maximum atomic E-state index is 13.1. The molecule has 19 heavy (non-hydrogen) atoms. The number of nitrogens with one attached hydrogen (secondary N) is 2. The summed E-state index contributed by atoms with van der Waals surface area (Å²) in [6.45, 7) is 1.18. The highest BCUT2D eigenvalue weighted by Gasteiger charge is 2.20. The number of rotatable bonds is 4. The third kappa shape index (κ3) is 3.29. The van der Waals surface area contributed by atoms with Gasteiger partial charge in [-0.25, -0.2) is 17.5 Å². The minimum Gasteiger partial charge on any atom is -0.313 e. The number of halogens is 1. The van der Waals surface area contributed by atoms with Crippen molar-refractivity contribution in [3.8, 4) is 6.07 Å². The molecule has 1 unspecified atom stereocenters. The summed E-state index contributed by atoms with van der Waals surface area (Å²) >= 11 is 0. The van der Waals surface area contributed by atoms with Crippen molar-refractivity contribution in [3.05, 3.63) is 29.6 Å². The third-order valence-corrected chi connectivity index (χ3v) is 4.47. The van der Waals surface area contributed by atoms with Crippen molar-refractivity contribution < 1.29 is 12.8 Å². The molecule has 0 saturated carbocycles. The smallest absolute Gasteiger partial charge is 0.240 e. The Labute approximate surface area is 111 Å². The van der Waals surface area contributed by atoms with Crippen LogP contribution < -0.4 is 10.0 Å². The molecule has 102 valence electrons. The predicted octanol–water partition coefficient (Wildman–Crippen LogP) is 0.728. The lowest BCUT2D eigenvalue weighted by Crippen LogP contribution is -2.37. The molecule has 1 heterocycles. The Kier molecular flexibility index (Phi) is 4.14. The highest BCUT2D eigenvalue weighted by atomic mass is 32.2. The van der Waals surface area contributed by atoms with Gasteiger partial charge in [0.25, 0.3) is 0 Å². The monoisotopic (exact) mass is 283 g/mol. The Balaban J connectivity index is 2.12. The summed E-state index contributed by atoms with van der Waals surface area (Å²) in [5.41, 5.74) is -0.276.